The molecule has 0 heterocycles. The summed E-state index contributed by atoms with van der Waals surface area (Å²) < 4.78 is 12.5. The zero-order valence-corrected chi connectivity index (χ0v) is 17.3. The molecule has 2 aromatic rings. The van der Waals surface area contributed by atoms with E-state index >= 15 is 0 Å². The highest BCUT2D eigenvalue weighted by atomic mass is 79.9. The molecule has 4 nitrogen and oxygen atoms in total. The first-order valence-electron chi connectivity index (χ1n) is 8.87. The normalized spacial score (nSPS) is 11.9. The SMILES string of the molecule is CCC(C)Oc1cccc(NC(=O)COc2ccc(Br)cc2C(C)C)c1. The Bertz CT molecular complexity index is 746. The van der Waals surface area contributed by atoms with Crippen LogP contribution in [0.4, 0.5) is 5.69 Å². The van der Waals surface area contributed by atoms with Crippen LogP contribution < -0.4 is 14.8 Å². The summed E-state index contributed by atoms with van der Waals surface area (Å²) >= 11 is 3.47. The molecule has 0 saturated carbocycles. The van der Waals surface area contributed by atoms with E-state index in [9.17, 15) is 4.79 Å². The van der Waals surface area contributed by atoms with Gasteiger partial charge in [0.15, 0.2) is 6.61 Å². The molecule has 0 aromatic heterocycles. The Labute approximate surface area is 164 Å². The van der Waals surface area contributed by atoms with E-state index in [4.69, 9.17) is 9.47 Å². The first-order chi connectivity index (χ1) is 12.4. The second-order valence-corrected chi connectivity index (χ2v) is 7.45. The van der Waals surface area contributed by atoms with E-state index in [0.29, 0.717) is 11.6 Å². The third-order valence-corrected chi connectivity index (χ3v) is 4.48. The van der Waals surface area contributed by atoms with Gasteiger partial charge in [-0.3, -0.25) is 4.79 Å². The molecule has 0 aliphatic heterocycles. The Morgan fingerprint density at radius 2 is 1.92 bits per heavy atom. The average Bonchev–Trinajstić information content (AvgIpc) is 2.60. The Balaban J connectivity index is 1.96. The van der Waals surface area contributed by atoms with Crippen molar-refractivity contribution in [3.05, 3.63) is 52.5 Å². The molecular weight excluding hydrogens is 394 g/mol. The summed E-state index contributed by atoms with van der Waals surface area (Å²) in [5.41, 5.74) is 1.76. The highest BCUT2D eigenvalue weighted by Gasteiger charge is 2.11. The number of ether oxygens (including phenoxy) is 2. The fraction of sp³-hybridized carbons (Fsp3) is 0.381. The number of hydrogen-bond donors (Lipinski definition) is 1. The maximum atomic E-state index is 12.2. The van der Waals surface area contributed by atoms with Crippen molar-refractivity contribution in [1.29, 1.82) is 0 Å². The Hall–Kier alpha value is -2.01. The lowest BCUT2D eigenvalue weighted by molar-refractivity contribution is -0.118. The zero-order chi connectivity index (χ0) is 19.1. The van der Waals surface area contributed by atoms with Crippen molar-refractivity contribution in [2.24, 2.45) is 0 Å². The van der Waals surface area contributed by atoms with Gasteiger partial charge >= 0.3 is 0 Å². The number of carbonyl (C=O) groups is 1. The van der Waals surface area contributed by atoms with Crippen LogP contribution in [0, 0.1) is 0 Å². The lowest BCUT2D eigenvalue weighted by Crippen LogP contribution is -2.20. The van der Waals surface area contributed by atoms with Gasteiger partial charge in [-0.15, -0.1) is 0 Å². The van der Waals surface area contributed by atoms with Crippen LogP contribution in [0.15, 0.2) is 46.9 Å². The monoisotopic (exact) mass is 419 g/mol. The lowest BCUT2D eigenvalue weighted by atomic mass is 10.0. The van der Waals surface area contributed by atoms with Crippen LogP contribution in [-0.4, -0.2) is 18.6 Å². The molecule has 0 aliphatic carbocycles. The number of nitrogens with one attached hydrogen (secondary N) is 1. The molecule has 1 N–H and O–H groups in total. The summed E-state index contributed by atoms with van der Waals surface area (Å²) in [5, 5.41) is 2.85. The van der Waals surface area contributed by atoms with E-state index in [0.717, 1.165) is 28.0 Å². The number of anilines is 1. The molecule has 1 amide bonds. The number of benzene rings is 2. The molecule has 0 fully saturated rings. The highest BCUT2D eigenvalue weighted by Crippen LogP contribution is 2.29. The van der Waals surface area contributed by atoms with E-state index in [2.05, 4.69) is 42.0 Å². The molecule has 0 bridgehead atoms. The van der Waals surface area contributed by atoms with Crippen molar-refractivity contribution in [3.63, 3.8) is 0 Å². The maximum absolute atomic E-state index is 12.2. The number of hydrogen-bond acceptors (Lipinski definition) is 3. The number of amides is 1. The van der Waals surface area contributed by atoms with Crippen LogP contribution in [0.3, 0.4) is 0 Å². The van der Waals surface area contributed by atoms with Crippen molar-refractivity contribution in [1.82, 2.24) is 0 Å². The fourth-order valence-electron chi connectivity index (χ4n) is 2.41. The number of rotatable bonds is 8. The molecule has 0 spiro atoms. The highest BCUT2D eigenvalue weighted by molar-refractivity contribution is 9.10. The molecule has 1 atom stereocenters. The van der Waals surface area contributed by atoms with Gasteiger partial charge in [-0.25, -0.2) is 0 Å². The summed E-state index contributed by atoms with van der Waals surface area (Å²) in [6, 6.07) is 13.2. The summed E-state index contributed by atoms with van der Waals surface area (Å²) in [6.07, 6.45) is 1.06. The topological polar surface area (TPSA) is 47.6 Å². The van der Waals surface area contributed by atoms with E-state index in [-0.39, 0.29) is 18.6 Å². The average molecular weight is 420 g/mol. The standard InChI is InChI=1S/C21H26BrNO3/c1-5-15(4)26-18-8-6-7-17(12-18)23-21(24)13-25-20-10-9-16(22)11-19(20)14(2)3/h6-12,14-15H,5,13H2,1-4H3,(H,23,24). The van der Waals surface area contributed by atoms with E-state index in [1.807, 2.05) is 49.4 Å². The predicted octanol–water partition coefficient (Wildman–Crippen LogP) is 5.77. The van der Waals surface area contributed by atoms with Gasteiger partial charge < -0.3 is 14.8 Å². The Morgan fingerprint density at radius 3 is 2.62 bits per heavy atom. The van der Waals surface area contributed by atoms with Gasteiger partial charge in [0.1, 0.15) is 11.5 Å². The Kier molecular flexibility index (Phi) is 7.51. The van der Waals surface area contributed by atoms with Gasteiger partial charge in [-0.05, 0) is 55.2 Å². The van der Waals surface area contributed by atoms with E-state index in [1.54, 1.807) is 0 Å². The van der Waals surface area contributed by atoms with Crippen LogP contribution in [0.2, 0.25) is 0 Å². The quantitative estimate of drug-likeness (QED) is 0.590. The molecule has 0 radical (unpaired) electrons. The van der Waals surface area contributed by atoms with Crippen molar-refractivity contribution in [2.45, 2.75) is 46.1 Å². The van der Waals surface area contributed by atoms with Gasteiger partial charge in [0.25, 0.3) is 5.91 Å². The van der Waals surface area contributed by atoms with Crippen LogP contribution in [-0.2, 0) is 4.79 Å². The number of halogens is 1. The molecule has 2 aromatic carbocycles. The molecule has 5 heteroatoms. The van der Waals surface area contributed by atoms with E-state index < -0.39 is 0 Å². The molecular formula is C21H26BrNO3. The van der Waals surface area contributed by atoms with Crippen LogP contribution >= 0.6 is 15.9 Å². The summed E-state index contributed by atoms with van der Waals surface area (Å²) in [6.45, 7) is 8.23. The first-order valence-corrected chi connectivity index (χ1v) is 9.67. The third-order valence-electron chi connectivity index (χ3n) is 3.98. The second-order valence-electron chi connectivity index (χ2n) is 6.54. The largest absolute Gasteiger partial charge is 0.491 e. The number of carbonyl (C=O) groups excluding carboxylic acids is 1. The minimum Gasteiger partial charge on any atom is -0.491 e. The summed E-state index contributed by atoms with van der Waals surface area (Å²) in [7, 11) is 0. The molecule has 1 unspecified atom stereocenters. The van der Waals surface area contributed by atoms with Crippen LogP contribution in [0.1, 0.15) is 45.6 Å². The van der Waals surface area contributed by atoms with Gasteiger partial charge in [-0.2, -0.15) is 0 Å². The zero-order valence-electron chi connectivity index (χ0n) is 15.7. The van der Waals surface area contributed by atoms with E-state index in [1.165, 1.54) is 0 Å². The van der Waals surface area contributed by atoms with Gasteiger partial charge in [0, 0.05) is 16.2 Å². The minimum atomic E-state index is -0.205. The molecule has 0 aliphatic rings. The van der Waals surface area contributed by atoms with Crippen molar-refractivity contribution in [3.8, 4) is 11.5 Å². The predicted molar refractivity (Wildman–Crippen MR) is 109 cm³/mol. The van der Waals surface area contributed by atoms with Crippen molar-refractivity contribution >= 4 is 27.5 Å². The summed E-state index contributed by atoms with van der Waals surface area (Å²) in [4.78, 5) is 12.2. The lowest BCUT2D eigenvalue weighted by Gasteiger charge is -2.15. The molecule has 0 saturated heterocycles. The summed E-state index contributed by atoms with van der Waals surface area (Å²) in [5.74, 6) is 1.57. The third kappa shape index (κ3) is 6.06. The Morgan fingerprint density at radius 1 is 1.15 bits per heavy atom. The molecule has 140 valence electrons. The first kappa shape index (κ1) is 20.3. The van der Waals surface area contributed by atoms with Gasteiger partial charge in [0.05, 0.1) is 6.10 Å². The van der Waals surface area contributed by atoms with Crippen molar-refractivity contribution < 1.29 is 14.3 Å². The smallest absolute Gasteiger partial charge is 0.262 e. The maximum Gasteiger partial charge on any atom is 0.262 e. The van der Waals surface area contributed by atoms with Crippen molar-refractivity contribution in [2.75, 3.05) is 11.9 Å². The second kappa shape index (κ2) is 9.62. The van der Waals surface area contributed by atoms with Gasteiger partial charge in [-0.1, -0.05) is 42.8 Å². The van der Waals surface area contributed by atoms with Gasteiger partial charge in [0.2, 0.25) is 0 Å². The minimum absolute atomic E-state index is 0.0438. The van der Waals surface area contributed by atoms with Crippen LogP contribution in [0.5, 0.6) is 11.5 Å². The molecule has 26 heavy (non-hydrogen) atoms. The fourth-order valence-corrected chi connectivity index (χ4v) is 2.78. The van der Waals surface area contributed by atoms with Crippen LogP contribution in [0.25, 0.3) is 0 Å². The molecule has 2 rings (SSSR count).